The highest BCUT2D eigenvalue weighted by Crippen LogP contribution is 2.36. The Kier molecular flexibility index (Phi) is 4.66. The molecular formula is C16H25BrN2OSi. The average molecular weight is 369 g/mol. The van der Waals surface area contributed by atoms with Crippen LogP contribution in [0.15, 0.2) is 22.7 Å². The van der Waals surface area contributed by atoms with Crippen LogP contribution >= 0.6 is 15.9 Å². The first-order chi connectivity index (χ1) is 9.62. The van der Waals surface area contributed by atoms with Gasteiger partial charge < -0.3 is 4.43 Å². The largest absolute Gasteiger partial charge is 0.415 e. The van der Waals surface area contributed by atoms with Gasteiger partial charge in [-0.1, -0.05) is 36.7 Å². The van der Waals surface area contributed by atoms with Crippen LogP contribution in [-0.4, -0.2) is 24.7 Å². The molecule has 0 spiro atoms. The van der Waals surface area contributed by atoms with E-state index in [0.29, 0.717) is 0 Å². The molecule has 0 saturated carbocycles. The van der Waals surface area contributed by atoms with Gasteiger partial charge >= 0.3 is 0 Å². The second-order valence-electron chi connectivity index (χ2n) is 7.08. The third-order valence-corrected chi connectivity index (χ3v) is 9.57. The zero-order valence-electron chi connectivity index (χ0n) is 13.8. The molecule has 0 atom stereocenters. The van der Waals surface area contributed by atoms with Crippen molar-refractivity contribution in [2.75, 3.05) is 6.61 Å². The molecule has 0 saturated heterocycles. The molecule has 1 aromatic heterocycles. The number of hydrogen-bond donors (Lipinski definition) is 0. The molecule has 0 fully saturated rings. The highest BCUT2D eigenvalue weighted by Gasteiger charge is 2.36. The average Bonchev–Trinajstić information content (AvgIpc) is 2.64. The van der Waals surface area contributed by atoms with Gasteiger partial charge in [0.2, 0.25) is 0 Å². The van der Waals surface area contributed by atoms with Crippen LogP contribution in [0.5, 0.6) is 0 Å². The highest BCUT2D eigenvalue weighted by molar-refractivity contribution is 9.10. The number of nitrogens with zero attached hydrogens (tertiary/aromatic N) is 2. The van der Waals surface area contributed by atoms with Gasteiger partial charge in [-0.15, -0.1) is 0 Å². The summed E-state index contributed by atoms with van der Waals surface area (Å²) in [7, 11) is -1.67. The van der Waals surface area contributed by atoms with Crippen molar-refractivity contribution in [1.29, 1.82) is 0 Å². The molecule has 0 bridgehead atoms. The van der Waals surface area contributed by atoms with E-state index in [1.165, 1.54) is 11.1 Å². The number of fused-ring (bicyclic) bond motifs is 1. The molecule has 0 aliphatic carbocycles. The number of hydrogen-bond acceptors (Lipinski definition) is 2. The summed E-state index contributed by atoms with van der Waals surface area (Å²) in [5.74, 6) is 0. The minimum atomic E-state index is -1.67. The van der Waals surface area contributed by atoms with Crippen molar-refractivity contribution in [3.8, 4) is 0 Å². The van der Waals surface area contributed by atoms with Gasteiger partial charge in [0.25, 0.3) is 0 Å². The molecule has 1 aromatic carbocycles. The lowest BCUT2D eigenvalue weighted by molar-refractivity contribution is 0.265. The Balaban J connectivity index is 2.09. The molecule has 0 radical (unpaired) electrons. The Labute approximate surface area is 136 Å². The van der Waals surface area contributed by atoms with E-state index < -0.39 is 8.32 Å². The van der Waals surface area contributed by atoms with E-state index in [1.807, 2.05) is 0 Å². The summed E-state index contributed by atoms with van der Waals surface area (Å²) >= 11 is 3.50. The van der Waals surface area contributed by atoms with Crippen molar-refractivity contribution >= 4 is 35.2 Å². The van der Waals surface area contributed by atoms with Gasteiger partial charge in [0.15, 0.2) is 8.32 Å². The normalized spacial score (nSPS) is 13.1. The molecule has 1 heterocycles. The van der Waals surface area contributed by atoms with E-state index >= 15 is 0 Å². The number of halogens is 1. The molecule has 3 nitrogen and oxygen atoms in total. The number of aryl methyl sites for hydroxylation is 1. The number of benzene rings is 1. The van der Waals surface area contributed by atoms with E-state index in [4.69, 9.17) is 4.43 Å². The topological polar surface area (TPSA) is 27.1 Å². The molecule has 21 heavy (non-hydrogen) atoms. The zero-order chi connectivity index (χ0) is 15.8. The first-order valence-electron chi connectivity index (χ1n) is 7.38. The van der Waals surface area contributed by atoms with Crippen molar-refractivity contribution in [2.45, 2.75) is 52.4 Å². The molecular weight excluding hydrogens is 344 g/mol. The maximum absolute atomic E-state index is 6.24. The summed E-state index contributed by atoms with van der Waals surface area (Å²) < 4.78 is 9.37. The Morgan fingerprint density at radius 3 is 2.57 bits per heavy atom. The van der Waals surface area contributed by atoms with Crippen LogP contribution in [0, 0.1) is 6.92 Å². The lowest BCUT2D eigenvalue weighted by Crippen LogP contribution is -2.41. The quantitative estimate of drug-likeness (QED) is 0.699. The zero-order valence-corrected chi connectivity index (χ0v) is 16.4. The van der Waals surface area contributed by atoms with Gasteiger partial charge in [-0.25, -0.2) is 0 Å². The van der Waals surface area contributed by atoms with Gasteiger partial charge in [-0.2, -0.15) is 5.10 Å². The van der Waals surface area contributed by atoms with E-state index in [-0.39, 0.29) is 5.04 Å². The Hall–Kier alpha value is -0.653. The molecule has 0 N–H and O–H groups in total. The van der Waals surface area contributed by atoms with Crippen LogP contribution in [-0.2, 0) is 11.0 Å². The molecule has 2 rings (SSSR count). The number of aromatic nitrogens is 2. The predicted octanol–water partition coefficient (Wildman–Crippen LogP) is 5.13. The molecule has 0 aliphatic heterocycles. The number of rotatable bonds is 4. The molecule has 2 aromatic rings. The third-order valence-electron chi connectivity index (χ3n) is 4.54. The Bertz CT molecular complexity index is 643. The summed E-state index contributed by atoms with van der Waals surface area (Å²) in [6, 6.07) is 6.24. The SMILES string of the molecule is Cc1c2ccc(Br)cc2nn1CCO[Si](C)(C)C(C)(C)C. The minimum absolute atomic E-state index is 0.252. The molecule has 0 aliphatic rings. The standard InChI is InChI=1S/C16H25BrN2OSi/c1-12-14-8-7-13(17)11-15(14)18-19(12)9-10-20-21(5,6)16(2,3)4/h7-8,11H,9-10H2,1-6H3. The summed E-state index contributed by atoms with van der Waals surface area (Å²) in [6.07, 6.45) is 0. The monoisotopic (exact) mass is 368 g/mol. The van der Waals surface area contributed by atoms with Crippen LogP contribution in [0.25, 0.3) is 10.9 Å². The van der Waals surface area contributed by atoms with Gasteiger partial charge in [-0.05, 0) is 43.3 Å². The summed E-state index contributed by atoms with van der Waals surface area (Å²) in [5.41, 5.74) is 2.24. The van der Waals surface area contributed by atoms with E-state index in [9.17, 15) is 0 Å². The molecule has 116 valence electrons. The summed E-state index contributed by atoms with van der Waals surface area (Å²) in [6.45, 7) is 15.0. The minimum Gasteiger partial charge on any atom is -0.415 e. The van der Waals surface area contributed by atoms with Crippen LogP contribution in [0.1, 0.15) is 26.5 Å². The van der Waals surface area contributed by atoms with Crippen molar-refractivity contribution in [2.24, 2.45) is 0 Å². The maximum atomic E-state index is 6.24. The Morgan fingerprint density at radius 2 is 1.95 bits per heavy atom. The van der Waals surface area contributed by atoms with Crippen LogP contribution < -0.4 is 0 Å². The van der Waals surface area contributed by atoms with Gasteiger partial charge in [0.1, 0.15) is 0 Å². The fourth-order valence-electron chi connectivity index (χ4n) is 2.06. The van der Waals surface area contributed by atoms with E-state index in [2.05, 4.69) is 84.7 Å². The van der Waals surface area contributed by atoms with Crippen LogP contribution in [0.4, 0.5) is 0 Å². The maximum Gasteiger partial charge on any atom is 0.192 e. The van der Waals surface area contributed by atoms with Crippen molar-refractivity contribution < 1.29 is 4.43 Å². The van der Waals surface area contributed by atoms with E-state index in [1.54, 1.807) is 0 Å². The fourth-order valence-corrected chi connectivity index (χ4v) is 3.44. The van der Waals surface area contributed by atoms with E-state index in [0.717, 1.165) is 23.1 Å². The summed E-state index contributed by atoms with van der Waals surface area (Å²) in [5, 5.41) is 6.14. The molecule has 0 amide bonds. The van der Waals surface area contributed by atoms with Crippen LogP contribution in [0.3, 0.4) is 0 Å². The first kappa shape index (κ1) is 16.7. The second-order valence-corrected chi connectivity index (χ2v) is 12.8. The lowest BCUT2D eigenvalue weighted by atomic mass is 10.2. The van der Waals surface area contributed by atoms with Gasteiger partial charge in [-0.3, -0.25) is 4.68 Å². The molecule has 5 heteroatoms. The third kappa shape index (κ3) is 3.58. The fraction of sp³-hybridized carbons (Fsp3) is 0.562. The lowest BCUT2D eigenvalue weighted by Gasteiger charge is -2.36. The van der Waals surface area contributed by atoms with Crippen molar-refractivity contribution in [3.05, 3.63) is 28.4 Å². The second kappa shape index (κ2) is 5.86. The van der Waals surface area contributed by atoms with Crippen LogP contribution in [0.2, 0.25) is 18.1 Å². The van der Waals surface area contributed by atoms with Gasteiger partial charge in [0, 0.05) is 15.6 Å². The smallest absolute Gasteiger partial charge is 0.192 e. The van der Waals surface area contributed by atoms with Crippen molar-refractivity contribution in [3.63, 3.8) is 0 Å². The van der Waals surface area contributed by atoms with Gasteiger partial charge in [0.05, 0.1) is 18.7 Å². The first-order valence-corrected chi connectivity index (χ1v) is 11.1. The summed E-state index contributed by atoms with van der Waals surface area (Å²) in [4.78, 5) is 0. The predicted molar refractivity (Wildman–Crippen MR) is 95.3 cm³/mol. The molecule has 0 unspecified atom stereocenters. The highest BCUT2D eigenvalue weighted by atomic mass is 79.9. The Morgan fingerprint density at radius 1 is 1.29 bits per heavy atom. The van der Waals surface area contributed by atoms with Crippen molar-refractivity contribution in [1.82, 2.24) is 9.78 Å².